The van der Waals surface area contributed by atoms with Crippen LogP contribution < -0.4 is 0 Å². The zero-order chi connectivity index (χ0) is 15.8. The van der Waals surface area contributed by atoms with E-state index in [4.69, 9.17) is 0 Å². The van der Waals surface area contributed by atoms with Gasteiger partial charge in [0.25, 0.3) is 0 Å². The van der Waals surface area contributed by atoms with Crippen LogP contribution in [0.1, 0.15) is 59.3 Å². The quantitative estimate of drug-likeness (QED) is 0.342. The van der Waals surface area contributed by atoms with Gasteiger partial charge in [-0.2, -0.15) is 0 Å². The molecule has 1 aromatic carbocycles. The minimum absolute atomic E-state index is 0.941. The second kappa shape index (κ2) is 9.88. The third-order valence-electron chi connectivity index (χ3n) is 4.90. The topological polar surface area (TPSA) is 0 Å². The minimum atomic E-state index is -2.09. The van der Waals surface area contributed by atoms with Gasteiger partial charge in [0.1, 0.15) is 0 Å². The van der Waals surface area contributed by atoms with E-state index in [0.29, 0.717) is 0 Å². The van der Waals surface area contributed by atoms with Crippen molar-refractivity contribution >= 4 is 41.9 Å². The fourth-order valence-corrected chi connectivity index (χ4v) is 30.6. The molecule has 1 aliphatic heterocycles. The van der Waals surface area contributed by atoms with Crippen molar-refractivity contribution in [1.29, 1.82) is 0 Å². The van der Waals surface area contributed by atoms with E-state index in [1.165, 1.54) is 38.5 Å². The van der Waals surface area contributed by atoms with Crippen molar-refractivity contribution in [1.82, 2.24) is 0 Å². The first kappa shape index (κ1) is 19.0. The molecule has 0 amide bonds. The molecule has 0 unspecified atom stereocenters. The van der Waals surface area contributed by atoms with Crippen LogP contribution in [0.15, 0.2) is 34.1 Å². The molecular formula is C19H32S2Sn. The Bertz CT molecular complexity index is 400. The molecule has 1 aliphatic rings. The molecule has 0 spiro atoms. The summed E-state index contributed by atoms with van der Waals surface area (Å²) in [6.45, 7) is 7.12. The number of thioether (sulfide) groups is 2. The van der Waals surface area contributed by atoms with Crippen molar-refractivity contribution in [3.8, 4) is 0 Å². The van der Waals surface area contributed by atoms with Crippen LogP contribution in [0, 0.1) is 0 Å². The molecule has 0 aromatic heterocycles. The number of benzene rings is 1. The monoisotopic (exact) mass is 444 g/mol. The van der Waals surface area contributed by atoms with E-state index in [0.717, 1.165) is 2.60 Å². The second-order valence-corrected chi connectivity index (χ2v) is 25.4. The summed E-state index contributed by atoms with van der Waals surface area (Å²) in [6, 6.07) is 9.14. The molecule has 0 N–H and O–H groups in total. The Morgan fingerprint density at radius 3 is 1.55 bits per heavy atom. The molecule has 0 atom stereocenters. The second-order valence-electron chi connectivity index (χ2n) is 6.69. The normalized spacial score (nSPS) is 15.2. The van der Waals surface area contributed by atoms with Gasteiger partial charge < -0.3 is 0 Å². The zero-order valence-corrected chi connectivity index (χ0v) is 19.1. The fourth-order valence-electron chi connectivity index (χ4n) is 3.46. The predicted octanol–water partition coefficient (Wildman–Crippen LogP) is 7.60. The van der Waals surface area contributed by atoms with Gasteiger partial charge in [-0.15, -0.1) is 0 Å². The van der Waals surface area contributed by atoms with Crippen molar-refractivity contribution < 1.29 is 0 Å². The molecule has 3 heteroatoms. The average molecular weight is 443 g/mol. The Kier molecular flexibility index (Phi) is 8.55. The first-order chi connectivity index (χ1) is 10.8. The van der Waals surface area contributed by atoms with Crippen LogP contribution in [0.25, 0.3) is 0 Å². The van der Waals surface area contributed by atoms with Crippen molar-refractivity contribution in [2.24, 2.45) is 0 Å². The van der Waals surface area contributed by atoms with Gasteiger partial charge in [-0.3, -0.25) is 0 Å². The first-order valence-electron chi connectivity index (χ1n) is 9.18. The summed E-state index contributed by atoms with van der Waals surface area (Å²) in [7, 11) is 0. The number of rotatable bonds is 10. The van der Waals surface area contributed by atoms with E-state index in [2.05, 4.69) is 68.6 Å². The summed E-state index contributed by atoms with van der Waals surface area (Å²) < 4.78 is 5.83. The summed E-state index contributed by atoms with van der Waals surface area (Å²) >= 11 is 2.42. The summed E-state index contributed by atoms with van der Waals surface area (Å²) in [6.07, 6.45) is 8.59. The van der Waals surface area contributed by atoms with Crippen LogP contribution in [-0.2, 0) is 0 Å². The molecule has 0 radical (unpaired) electrons. The molecule has 2 rings (SSSR count). The van der Waals surface area contributed by atoms with Crippen LogP contribution in [0.3, 0.4) is 0 Å². The van der Waals surface area contributed by atoms with Gasteiger partial charge in [-0.25, -0.2) is 0 Å². The van der Waals surface area contributed by atoms with Crippen molar-refractivity contribution in [2.75, 3.05) is 0 Å². The van der Waals surface area contributed by atoms with E-state index >= 15 is 0 Å². The average Bonchev–Trinajstić information content (AvgIpc) is 2.99. The number of hydrogen-bond donors (Lipinski definition) is 0. The van der Waals surface area contributed by atoms with E-state index in [9.17, 15) is 0 Å². The van der Waals surface area contributed by atoms with Crippen LogP contribution >= 0.6 is 23.5 Å². The van der Waals surface area contributed by atoms with Crippen molar-refractivity contribution in [2.45, 2.75) is 85.0 Å². The maximum atomic E-state index is 2.37. The third-order valence-corrected chi connectivity index (χ3v) is 30.4. The Hall–Kier alpha value is 0.719. The Morgan fingerprint density at radius 1 is 0.773 bits per heavy atom. The number of hydrogen-bond acceptors (Lipinski definition) is 2. The van der Waals surface area contributed by atoms with Gasteiger partial charge in [0.15, 0.2) is 0 Å². The molecule has 0 nitrogen and oxygen atoms in total. The van der Waals surface area contributed by atoms with E-state index in [1.54, 1.807) is 23.1 Å². The van der Waals surface area contributed by atoms with Gasteiger partial charge >= 0.3 is 151 Å². The zero-order valence-electron chi connectivity index (χ0n) is 14.6. The molecule has 124 valence electrons. The summed E-state index contributed by atoms with van der Waals surface area (Å²) in [5, 5.41) is 0. The van der Waals surface area contributed by atoms with Crippen LogP contribution in [0.4, 0.5) is 0 Å². The maximum absolute atomic E-state index is 2.37. The predicted molar refractivity (Wildman–Crippen MR) is 107 cm³/mol. The Morgan fingerprint density at radius 2 is 1.18 bits per heavy atom. The summed E-state index contributed by atoms with van der Waals surface area (Å²) in [5.41, 5.74) is 0. The molecular weight excluding hydrogens is 411 g/mol. The van der Waals surface area contributed by atoms with Crippen LogP contribution in [0.2, 0.25) is 13.3 Å². The molecule has 0 bridgehead atoms. The standard InChI is InChI=1S/C7H5S2.3C4H9.Sn/c1-2-4-7-6(3-1)8-5-9-7;3*1-3-4-2;/h1-5H;3*1,3-4H2,2H3;. The molecule has 22 heavy (non-hydrogen) atoms. The van der Waals surface area contributed by atoms with Crippen molar-refractivity contribution in [3.63, 3.8) is 0 Å². The fraction of sp³-hybridized carbons (Fsp3) is 0.684. The van der Waals surface area contributed by atoms with Gasteiger partial charge in [0.2, 0.25) is 0 Å². The van der Waals surface area contributed by atoms with Gasteiger partial charge in [0.05, 0.1) is 0 Å². The molecule has 0 saturated carbocycles. The molecule has 0 saturated heterocycles. The van der Waals surface area contributed by atoms with E-state index < -0.39 is 18.4 Å². The van der Waals surface area contributed by atoms with Gasteiger partial charge in [-0.1, -0.05) is 0 Å². The van der Waals surface area contributed by atoms with E-state index in [1.807, 2.05) is 0 Å². The number of unbranched alkanes of at least 4 members (excludes halogenated alkanes) is 3. The Balaban J connectivity index is 2.18. The first-order valence-corrected chi connectivity index (χ1v) is 18.6. The third kappa shape index (κ3) is 4.86. The van der Waals surface area contributed by atoms with Crippen LogP contribution in [0.5, 0.6) is 0 Å². The van der Waals surface area contributed by atoms with E-state index in [-0.39, 0.29) is 0 Å². The molecule has 0 fully saturated rings. The Labute approximate surface area is 150 Å². The molecule has 1 heterocycles. The SMILES string of the molecule is CCC[CH2][Sn]([CH2]CCC)([CH2]CCC)[CH]1Sc2ccccc2S1. The van der Waals surface area contributed by atoms with Gasteiger partial charge in [0, 0.05) is 0 Å². The molecule has 0 aliphatic carbocycles. The molecule has 1 aromatic rings. The summed E-state index contributed by atoms with van der Waals surface area (Å²) in [5.74, 6) is 0. The number of fused-ring (bicyclic) bond motifs is 1. The van der Waals surface area contributed by atoms with Crippen LogP contribution in [-0.4, -0.2) is 21.0 Å². The summed E-state index contributed by atoms with van der Waals surface area (Å²) in [4.78, 5) is 3.14. The van der Waals surface area contributed by atoms with Crippen molar-refractivity contribution in [3.05, 3.63) is 24.3 Å². The van der Waals surface area contributed by atoms with Gasteiger partial charge in [-0.05, 0) is 0 Å².